The second kappa shape index (κ2) is 7.53. The summed E-state index contributed by atoms with van der Waals surface area (Å²) in [6.45, 7) is 2.24. The van der Waals surface area contributed by atoms with Crippen LogP contribution < -0.4 is 4.46 Å². The van der Waals surface area contributed by atoms with Crippen LogP contribution in [-0.2, 0) is 7.05 Å². The van der Waals surface area contributed by atoms with Crippen LogP contribution in [0.5, 0.6) is 0 Å². The van der Waals surface area contributed by atoms with Gasteiger partial charge in [-0.1, -0.05) is 0 Å². The zero-order valence-corrected chi connectivity index (χ0v) is 16.9. The Hall–Kier alpha value is -2.28. The first-order chi connectivity index (χ1) is 12.7. The first-order valence-electron chi connectivity index (χ1n) is 9.01. The molecule has 0 amide bonds. The van der Waals surface area contributed by atoms with Gasteiger partial charge >= 0.3 is 162 Å². The van der Waals surface area contributed by atoms with Gasteiger partial charge < -0.3 is 0 Å². The molecule has 1 heterocycles. The molecule has 1 aromatic heterocycles. The van der Waals surface area contributed by atoms with Crippen LogP contribution in [0.25, 0.3) is 10.9 Å². The van der Waals surface area contributed by atoms with E-state index in [1.54, 1.807) is 0 Å². The van der Waals surface area contributed by atoms with Crippen molar-refractivity contribution in [1.29, 1.82) is 0 Å². The molecule has 0 N–H and O–H groups in total. The maximum absolute atomic E-state index is 2.34. The van der Waals surface area contributed by atoms with Crippen molar-refractivity contribution in [2.75, 3.05) is 0 Å². The number of para-hydroxylation sites is 1. The predicted octanol–water partition coefficient (Wildman–Crippen LogP) is 5.07. The van der Waals surface area contributed by atoms with Gasteiger partial charge in [0.25, 0.3) is 0 Å². The SMILES string of the molecule is Cc1ccccc1C(C[Se]c1ccccc1)c1cn(C)c2ccccc12. The Morgan fingerprint density at radius 3 is 2.31 bits per heavy atom. The second-order valence-electron chi connectivity index (χ2n) is 6.75. The average molecular weight is 404 g/mol. The normalized spacial score (nSPS) is 12.4. The van der Waals surface area contributed by atoms with E-state index in [2.05, 4.69) is 104 Å². The molecule has 2 heteroatoms. The predicted molar refractivity (Wildman–Crippen MR) is 113 cm³/mol. The van der Waals surface area contributed by atoms with E-state index in [1.165, 1.54) is 37.4 Å². The van der Waals surface area contributed by atoms with E-state index < -0.39 is 0 Å². The first kappa shape index (κ1) is 17.1. The van der Waals surface area contributed by atoms with Crippen LogP contribution in [0.3, 0.4) is 0 Å². The summed E-state index contributed by atoms with van der Waals surface area (Å²) < 4.78 is 3.74. The summed E-state index contributed by atoms with van der Waals surface area (Å²) in [5.41, 5.74) is 5.61. The van der Waals surface area contributed by atoms with Gasteiger partial charge in [-0.3, -0.25) is 0 Å². The monoisotopic (exact) mass is 405 g/mol. The molecular weight excluding hydrogens is 381 g/mol. The Labute approximate surface area is 161 Å². The number of benzene rings is 3. The van der Waals surface area contributed by atoms with Crippen molar-refractivity contribution < 1.29 is 0 Å². The molecule has 0 spiro atoms. The third-order valence-corrected chi connectivity index (χ3v) is 7.35. The third kappa shape index (κ3) is 3.35. The van der Waals surface area contributed by atoms with Crippen LogP contribution in [0.2, 0.25) is 5.32 Å². The Morgan fingerprint density at radius 1 is 0.808 bits per heavy atom. The van der Waals surface area contributed by atoms with Crippen molar-refractivity contribution >= 4 is 30.3 Å². The van der Waals surface area contributed by atoms with Crippen LogP contribution >= 0.6 is 0 Å². The van der Waals surface area contributed by atoms with Crippen molar-refractivity contribution in [2.45, 2.75) is 18.2 Å². The molecule has 4 aromatic rings. The van der Waals surface area contributed by atoms with Crippen molar-refractivity contribution in [3.8, 4) is 0 Å². The molecule has 0 saturated heterocycles. The van der Waals surface area contributed by atoms with Crippen molar-refractivity contribution in [3.05, 3.63) is 102 Å². The van der Waals surface area contributed by atoms with Crippen LogP contribution in [0.4, 0.5) is 0 Å². The molecule has 1 nitrogen and oxygen atoms in total. The Balaban J connectivity index is 1.78. The molecule has 0 saturated carbocycles. The third-order valence-electron chi connectivity index (χ3n) is 5.03. The Kier molecular flexibility index (Phi) is 4.97. The van der Waals surface area contributed by atoms with Gasteiger partial charge in [0.1, 0.15) is 0 Å². The maximum atomic E-state index is 2.34. The van der Waals surface area contributed by atoms with Gasteiger partial charge in [0, 0.05) is 0 Å². The van der Waals surface area contributed by atoms with Crippen molar-refractivity contribution in [1.82, 2.24) is 4.57 Å². The van der Waals surface area contributed by atoms with Crippen LogP contribution in [0, 0.1) is 6.92 Å². The van der Waals surface area contributed by atoms with E-state index in [9.17, 15) is 0 Å². The number of nitrogens with zero attached hydrogens (tertiary/aromatic N) is 1. The fourth-order valence-electron chi connectivity index (χ4n) is 3.67. The quantitative estimate of drug-likeness (QED) is 0.410. The summed E-state index contributed by atoms with van der Waals surface area (Å²) in [5.74, 6) is 0.433. The van der Waals surface area contributed by atoms with E-state index in [-0.39, 0.29) is 0 Å². The minimum atomic E-state index is 0.433. The Bertz CT molecular complexity index is 1020. The summed E-state index contributed by atoms with van der Waals surface area (Å²) in [6, 6.07) is 28.6. The van der Waals surface area contributed by atoms with Gasteiger partial charge in [-0.2, -0.15) is 0 Å². The van der Waals surface area contributed by atoms with Gasteiger partial charge in [-0.15, -0.1) is 0 Å². The zero-order valence-electron chi connectivity index (χ0n) is 15.2. The molecular formula is C24H23NSe. The van der Waals surface area contributed by atoms with Crippen LogP contribution in [0.1, 0.15) is 22.6 Å². The summed E-state index contributed by atoms with van der Waals surface area (Å²) in [4.78, 5) is 0. The van der Waals surface area contributed by atoms with Gasteiger partial charge in [0.2, 0.25) is 0 Å². The number of aryl methyl sites for hydroxylation is 2. The molecule has 1 unspecified atom stereocenters. The molecule has 130 valence electrons. The molecule has 1 atom stereocenters. The van der Waals surface area contributed by atoms with E-state index in [4.69, 9.17) is 0 Å². The summed E-state index contributed by atoms with van der Waals surface area (Å²) in [6.07, 6.45) is 2.34. The molecule has 0 radical (unpaired) electrons. The van der Waals surface area contributed by atoms with E-state index in [0.29, 0.717) is 20.9 Å². The molecule has 4 rings (SSSR count). The molecule has 0 aliphatic heterocycles. The fourth-order valence-corrected chi connectivity index (χ4v) is 5.91. The van der Waals surface area contributed by atoms with Gasteiger partial charge in [-0.25, -0.2) is 0 Å². The Morgan fingerprint density at radius 2 is 1.50 bits per heavy atom. The van der Waals surface area contributed by atoms with E-state index in [1.807, 2.05) is 0 Å². The molecule has 0 aliphatic carbocycles. The number of hydrogen-bond donors (Lipinski definition) is 0. The zero-order chi connectivity index (χ0) is 17.9. The van der Waals surface area contributed by atoms with Gasteiger partial charge in [-0.05, 0) is 0 Å². The van der Waals surface area contributed by atoms with Crippen LogP contribution in [-0.4, -0.2) is 19.5 Å². The topological polar surface area (TPSA) is 4.93 Å². The van der Waals surface area contributed by atoms with Crippen LogP contribution in [0.15, 0.2) is 85.1 Å². The van der Waals surface area contributed by atoms with Gasteiger partial charge in [0.15, 0.2) is 0 Å². The summed E-state index contributed by atoms with van der Waals surface area (Å²) >= 11 is 0.450. The number of hydrogen-bond acceptors (Lipinski definition) is 0. The minimum absolute atomic E-state index is 0.433. The molecule has 3 aromatic carbocycles. The average Bonchev–Trinajstić information content (AvgIpc) is 3.01. The number of aromatic nitrogens is 1. The first-order valence-corrected chi connectivity index (χ1v) is 11.1. The number of fused-ring (bicyclic) bond motifs is 1. The van der Waals surface area contributed by atoms with Gasteiger partial charge in [0.05, 0.1) is 0 Å². The second-order valence-corrected chi connectivity index (χ2v) is 9.04. The van der Waals surface area contributed by atoms with Crippen molar-refractivity contribution in [3.63, 3.8) is 0 Å². The summed E-state index contributed by atoms with van der Waals surface area (Å²) in [7, 11) is 2.16. The molecule has 0 bridgehead atoms. The van der Waals surface area contributed by atoms with Crippen molar-refractivity contribution in [2.24, 2.45) is 7.05 Å². The molecule has 0 fully saturated rings. The standard InChI is InChI=1S/C24H23NSe/c1-18-10-6-7-13-20(18)23(17-26-19-11-4-3-5-12-19)22-16-25(2)24-15-9-8-14-21(22)24/h3-16,23H,17H2,1-2H3. The fraction of sp³-hybridized carbons (Fsp3) is 0.167. The molecule has 0 aliphatic rings. The number of rotatable bonds is 5. The van der Waals surface area contributed by atoms with E-state index in [0.717, 1.165) is 0 Å². The summed E-state index contributed by atoms with van der Waals surface area (Å²) in [5, 5.41) is 2.56. The van der Waals surface area contributed by atoms with E-state index >= 15 is 0 Å². The molecule has 26 heavy (non-hydrogen) atoms.